The Balaban J connectivity index is 0.000000640. The van der Waals surface area contributed by atoms with Crippen LogP contribution in [0.5, 0.6) is 0 Å². The van der Waals surface area contributed by atoms with Gasteiger partial charge in [0, 0.05) is 18.8 Å². The standard InChI is InChI=1S/C5H8N2O.BrH/c8-4-1-5-6-2-3-7-5;/h2-3,8H,1,4H2,(H,6,7);1H. The summed E-state index contributed by atoms with van der Waals surface area (Å²) in [5.41, 5.74) is 0. The molecule has 0 saturated carbocycles. The number of halogens is 1. The quantitative estimate of drug-likeness (QED) is 0.719. The highest BCUT2D eigenvalue weighted by Gasteiger charge is 1.88. The molecule has 52 valence electrons. The van der Waals surface area contributed by atoms with Crippen LogP contribution in [0.2, 0.25) is 0 Å². The Morgan fingerprint density at radius 3 is 2.89 bits per heavy atom. The van der Waals surface area contributed by atoms with Crippen molar-refractivity contribution < 1.29 is 5.11 Å². The number of imidazole rings is 1. The van der Waals surface area contributed by atoms with Crippen molar-refractivity contribution in [2.24, 2.45) is 0 Å². The lowest BCUT2D eigenvalue weighted by Gasteiger charge is -1.85. The zero-order chi connectivity index (χ0) is 5.82. The monoisotopic (exact) mass is 192 g/mol. The minimum absolute atomic E-state index is 0. The van der Waals surface area contributed by atoms with Crippen LogP contribution in [0.1, 0.15) is 5.82 Å². The molecule has 0 saturated heterocycles. The first-order chi connectivity index (χ1) is 3.93. The lowest BCUT2D eigenvalue weighted by molar-refractivity contribution is 0.297. The Bertz CT molecular complexity index is 141. The van der Waals surface area contributed by atoms with E-state index in [2.05, 4.69) is 9.97 Å². The maximum Gasteiger partial charge on any atom is 0.108 e. The molecule has 0 fully saturated rings. The van der Waals surface area contributed by atoms with Crippen LogP contribution in [0.15, 0.2) is 12.4 Å². The van der Waals surface area contributed by atoms with Crippen LogP contribution in [-0.4, -0.2) is 21.7 Å². The van der Waals surface area contributed by atoms with Crippen LogP contribution in [0.3, 0.4) is 0 Å². The fraction of sp³-hybridized carbons (Fsp3) is 0.400. The maximum atomic E-state index is 8.38. The number of hydrogen-bond donors (Lipinski definition) is 2. The van der Waals surface area contributed by atoms with E-state index >= 15 is 0 Å². The highest BCUT2D eigenvalue weighted by Crippen LogP contribution is 1.86. The number of H-pyrrole nitrogens is 1. The molecule has 3 nitrogen and oxygen atoms in total. The van der Waals surface area contributed by atoms with Gasteiger partial charge in [-0.3, -0.25) is 0 Å². The molecule has 0 atom stereocenters. The molecule has 0 spiro atoms. The van der Waals surface area contributed by atoms with Crippen molar-refractivity contribution in [3.05, 3.63) is 18.2 Å². The van der Waals surface area contributed by atoms with Crippen molar-refractivity contribution in [2.45, 2.75) is 6.42 Å². The van der Waals surface area contributed by atoms with Gasteiger partial charge in [-0.1, -0.05) is 0 Å². The van der Waals surface area contributed by atoms with Gasteiger partial charge in [-0.15, -0.1) is 17.0 Å². The molecular formula is C5H9BrN2O. The summed E-state index contributed by atoms with van der Waals surface area (Å²) in [6, 6.07) is 0. The van der Waals surface area contributed by atoms with Crippen LogP contribution in [0.4, 0.5) is 0 Å². The van der Waals surface area contributed by atoms with E-state index in [1.165, 1.54) is 0 Å². The molecular weight excluding hydrogens is 184 g/mol. The number of aromatic amines is 1. The van der Waals surface area contributed by atoms with E-state index in [0.29, 0.717) is 6.42 Å². The number of hydrogen-bond acceptors (Lipinski definition) is 2. The first kappa shape index (κ1) is 8.65. The van der Waals surface area contributed by atoms with Crippen molar-refractivity contribution >= 4 is 17.0 Å². The van der Waals surface area contributed by atoms with E-state index in [1.807, 2.05) is 0 Å². The van der Waals surface area contributed by atoms with Crippen molar-refractivity contribution in [1.29, 1.82) is 0 Å². The Morgan fingerprint density at radius 2 is 2.44 bits per heavy atom. The van der Waals surface area contributed by atoms with Crippen molar-refractivity contribution in [1.82, 2.24) is 9.97 Å². The third-order valence-corrected chi connectivity index (χ3v) is 0.903. The topological polar surface area (TPSA) is 48.9 Å². The molecule has 1 aromatic heterocycles. The van der Waals surface area contributed by atoms with E-state index < -0.39 is 0 Å². The number of nitrogens with zero attached hydrogens (tertiary/aromatic N) is 1. The lowest BCUT2D eigenvalue weighted by Crippen LogP contribution is -1.91. The summed E-state index contributed by atoms with van der Waals surface area (Å²) in [5.74, 6) is 0.840. The Morgan fingerprint density at radius 1 is 1.67 bits per heavy atom. The van der Waals surface area contributed by atoms with Gasteiger partial charge in [0.2, 0.25) is 0 Å². The molecule has 0 amide bonds. The minimum Gasteiger partial charge on any atom is -0.396 e. The van der Waals surface area contributed by atoms with Crippen LogP contribution < -0.4 is 0 Å². The molecule has 0 aliphatic heterocycles. The lowest BCUT2D eigenvalue weighted by atomic mass is 10.4. The average Bonchev–Trinajstić information content (AvgIpc) is 2.19. The van der Waals surface area contributed by atoms with Gasteiger partial charge in [0.1, 0.15) is 5.82 Å². The zero-order valence-corrected chi connectivity index (χ0v) is 6.58. The smallest absolute Gasteiger partial charge is 0.108 e. The predicted octanol–water partition coefficient (Wildman–Crippen LogP) is 0.522. The summed E-state index contributed by atoms with van der Waals surface area (Å²) in [6.07, 6.45) is 4.03. The van der Waals surface area contributed by atoms with E-state index in [-0.39, 0.29) is 23.6 Å². The minimum atomic E-state index is 0. The Labute approximate surface area is 63.9 Å². The predicted molar refractivity (Wildman–Crippen MR) is 39.7 cm³/mol. The van der Waals surface area contributed by atoms with Gasteiger partial charge in [-0.25, -0.2) is 4.98 Å². The molecule has 2 N–H and O–H groups in total. The summed E-state index contributed by atoms with van der Waals surface area (Å²) in [4.78, 5) is 6.76. The summed E-state index contributed by atoms with van der Waals surface area (Å²) in [5, 5.41) is 8.38. The molecule has 9 heavy (non-hydrogen) atoms. The normalized spacial score (nSPS) is 8.56. The average molecular weight is 193 g/mol. The number of nitrogens with one attached hydrogen (secondary N) is 1. The number of rotatable bonds is 2. The molecule has 4 heteroatoms. The van der Waals surface area contributed by atoms with E-state index in [1.54, 1.807) is 12.4 Å². The van der Waals surface area contributed by atoms with Crippen LogP contribution in [0.25, 0.3) is 0 Å². The van der Waals surface area contributed by atoms with Crippen molar-refractivity contribution in [3.63, 3.8) is 0 Å². The van der Waals surface area contributed by atoms with Crippen LogP contribution >= 0.6 is 17.0 Å². The van der Waals surface area contributed by atoms with Gasteiger partial charge in [-0.2, -0.15) is 0 Å². The van der Waals surface area contributed by atoms with Gasteiger partial charge in [-0.05, 0) is 0 Å². The molecule has 1 heterocycles. The van der Waals surface area contributed by atoms with Gasteiger partial charge in [0.15, 0.2) is 0 Å². The molecule has 0 aliphatic rings. The molecule has 1 rings (SSSR count). The van der Waals surface area contributed by atoms with Crippen LogP contribution in [-0.2, 0) is 6.42 Å². The van der Waals surface area contributed by atoms with Crippen molar-refractivity contribution in [3.8, 4) is 0 Å². The number of aliphatic hydroxyl groups excluding tert-OH is 1. The SMILES string of the molecule is Br.OCCc1ncc[nH]1. The first-order valence-corrected chi connectivity index (χ1v) is 2.52. The van der Waals surface area contributed by atoms with Crippen LogP contribution in [0, 0.1) is 0 Å². The summed E-state index contributed by atoms with van der Waals surface area (Å²) in [6.45, 7) is 0.160. The third kappa shape index (κ3) is 2.62. The third-order valence-electron chi connectivity index (χ3n) is 0.903. The Hall–Kier alpha value is -0.350. The highest BCUT2D eigenvalue weighted by atomic mass is 79.9. The fourth-order valence-corrected chi connectivity index (χ4v) is 0.541. The van der Waals surface area contributed by atoms with Gasteiger partial charge >= 0.3 is 0 Å². The number of aromatic nitrogens is 2. The summed E-state index contributed by atoms with van der Waals surface area (Å²) < 4.78 is 0. The van der Waals surface area contributed by atoms with Gasteiger partial charge in [0.25, 0.3) is 0 Å². The van der Waals surface area contributed by atoms with E-state index in [0.717, 1.165) is 5.82 Å². The largest absolute Gasteiger partial charge is 0.396 e. The summed E-state index contributed by atoms with van der Waals surface area (Å²) >= 11 is 0. The first-order valence-electron chi connectivity index (χ1n) is 2.52. The molecule has 0 aromatic carbocycles. The Kier molecular flexibility index (Phi) is 4.35. The van der Waals surface area contributed by atoms with Gasteiger partial charge < -0.3 is 10.1 Å². The second kappa shape index (κ2) is 4.52. The zero-order valence-electron chi connectivity index (χ0n) is 4.87. The fourth-order valence-electron chi connectivity index (χ4n) is 0.541. The molecule has 0 bridgehead atoms. The van der Waals surface area contributed by atoms with Crippen molar-refractivity contribution in [2.75, 3.05) is 6.61 Å². The molecule has 0 radical (unpaired) electrons. The second-order valence-corrected chi connectivity index (χ2v) is 1.51. The molecule has 1 aromatic rings. The van der Waals surface area contributed by atoms with E-state index in [9.17, 15) is 0 Å². The summed E-state index contributed by atoms with van der Waals surface area (Å²) in [7, 11) is 0. The highest BCUT2D eigenvalue weighted by molar-refractivity contribution is 8.93. The van der Waals surface area contributed by atoms with Gasteiger partial charge in [0.05, 0.1) is 6.61 Å². The maximum absolute atomic E-state index is 8.38. The number of aliphatic hydroxyl groups is 1. The molecule has 0 aliphatic carbocycles. The van der Waals surface area contributed by atoms with E-state index in [4.69, 9.17) is 5.11 Å². The molecule has 0 unspecified atom stereocenters. The second-order valence-electron chi connectivity index (χ2n) is 1.51.